The standard InChI is InChI=1S/C16H17F3N4O2/c17-16(18,19)9-3-4-10-11(5-9)12(6-13(24)22-15(20)21)23(14(10)25)7-8-1-2-8/h3-5,8,12H,1-2,6-7H2,(H4,20,21,22,24)/t12-/m1/s1. The van der Waals surface area contributed by atoms with Gasteiger partial charge in [-0.3, -0.25) is 20.3 Å². The highest BCUT2D eigenvalue weighted by Crippen LogP contribution is 2.42. The van der Waals surface area contributed by atoms with E-state index in [1.165, 1.54) is 11.0 Å². The molecule has 1 aromatic rings. The van der Waals surface area contributed by atoms with Crippen LogP contribution in [0.25, 0.3) is 0 Å². The smallest absolute Gasteiger partial charge is 0.370 e. The topological polar surface area (TPSA) is 99.3 Å². The normalized spacial score (nSPS) is 19.7. The molecule has 0 saturated heterocycles. The molecule has 2 amide bonds. The maximum Gasteiger partial charge on any atom is 0.416 e. The molecule has 3 rings (SSSR count). The van der Waals surface area contributed by atoms with E-state index in [-0.39, 0.29) is 23.5 Å². The van der Waals surface area contributed by atoms with Crippen LogP contribution in [0.4, 0.5) is 13.2 Å². The molecule has 6 nitrogen and oxygen atoms in total. The summed E-state index contributed by atoms with van der Waals surface area (Å²) in [5.74, 6) is -1.21. The van der Waals surface area contributed by atoms with Crippen LogP contribution in [-0.2, 0) is 11.0 Å². The number of benzene rings is 1. The van der Waals surface area contributed by atoms with Crippen molar-refractivity contribution in [3.05, 3.63) is 34.9 Å². The third-order valence-corrected chi connectivity index (χ3v) is 4.41. The summed E-state index contributed by atoms with van der Waals surface area (Å²) in [5, 5.41) is 9.20. The van der Waals surface area contributed by atoms with Crippen LogP contribution in [0.15, 0.2) is 18.2 Å². The zero-order chi connectivity index (χ0) is 18.4. The number of nitrogens with zero attached hydrogens (tertiary/aromatic N) is 1. The van der Waals surface area contributed by atoms with E-state index in [4.69, 9.17) is 11.1 Å². The summed E-state index contributed by atoms with van der Waals surface area (Å²) in [5.41, 5.74) is 4.64. The lowest BCUT2D eigenvalue weighted by atomic mass is 9.98. The Balaban J connectivity index is 1.94. The summed E-state index contributed by atoms with van der Waals surface area (Å²) in [6.45, 7) is 0.410. The number of hydrogen-bond acceptors (Lipinski definition) is 3. The first-order valence-corrected chi connectivity index (χ1v) is 7.83. The first kappa shape index (κ1) is 17.2. The van der Waals surface area contributed by atoms with E-state index in [1.807, 2.05) is 0 Å². The molecule has 134 valence electrons. The molecule has 1 aliphatic heterocycles. The van der Waals surface area contributed by atoms with Crippen molar-refractivity contribution >= 4 is 17.8 Å². The number of carbonyl (C=O) groups is 2. The van der Waals surface area contributed by atoms with Crippen LogP contribution in [-0.4, -0.2) is 29.2 Å². The van der Waals surface area contributed by atoms with Crippen LogP contribution in [0.2, 0.25) is 0 Å². The summed E-state index contributed by atoms with van der Waals surface area (Å²) in [6, 6.07) is 2.20. The van der Waals surface area contributed by atoms with Gasteiger partial charge in [0.05, 0.1) is 18.0 Å². The lowest BCUT2D eigenvalue weighted by molar-refractivity contribution is -0.137. The van der Waals surface area contributed by atoms with E-state index >= 15 is 0 Å². The molecule has 1 aliphatic carbocycles. The number of carbonyl (C=O) groups excluding carboxylic acids is 2. The summed E-state index contributed by atoms with van der Waals surface area (Å²) in [6.07, 6.45) is -2.86. The van der Waals surface area contributed by atoms with Gasteiger partial charge in [-0.2, -0.15) is 13.2 Å². The maximum atomic E-state index is 13.0. The minimum Gasteiger partial charge on any atom is -0.370 e. The van der Waals surface area contributed by atoms with Crippen molar-refractivity contribution in [2.45, 2.75) is 31.5 Å². The molecule has 25 heavy (non-hydrogen) atoms. The van der Waals surface area contributed by atoms with Crippen LogP contribution in [0.1, 0.15) is 46.8 Å². The molecule has 1 atom stereocenters. The molecule has 2 aliphatic rings. The summed E-state index contributed by atoms with van der Waals surface area (Å²) in [4.78, 5) is 26.0. The van der Waals surface area contributed by atoms with Crippen LogP contribution < -0.4 is 11.1 Å². The van der Waals surface area contributed by atoms with Crippen LogP contribution in [0.5, 0.6) is 0 Å². The van der Waals surface area contributed by atoms with E-state index in [1.54, 1.807) is 0 Å². The molecule has 9 heteroatoms. The molecular weight excluding hydrogens is 337 g/mol. The van der Waals surface area contributed by atoms with Crippen molar-refractivity contribution in [3.63, 3.8) is 0 Å². The fourth-order valence-corrected chi connectivity index (χ4v) is 3.06. The Morgan fingerprint density at radius 2 is 2.04 bits per heavy atom. The second-order valence-electron chi connectivity index (χ2n) is 6.38. The summed E-state index contributed by atoms with van der Waals surface area (Å²) >= 11 is 0. The SMILES string of the molecule is N=C(N)NC(=O)C[C@@H]1c2cc(C(F)(F)F)ccc2C(=O)N1CC1CC1. The number of fused-ring (bicyclic) bond motifs is 1. The fraction of sp³-hybridized carbons (Fsp3) is 0.438. The number of guanidine groups is 1. The average Bonchev–Trinajstić information content (AvgIpc) is 3.28. The predicted octanol–water partition coefficient (Wildman–Crippen LogP) is 2.01. The molecular formula is C16H17F3N4O2. The third kappa shape index (κ3) is 3.59. The monoisotopic (exact) mass is 354 g/mol. The Morgan fingerprint density at radius 1 is 1.36 bits per heavy atom. The van der Waals surface area contributed by atoms with Gasteiger partial charge in [0.15, 0.2) is 5.96 Å². The minimum atomic E-state index is -4.53. The maximum absolute atomic E-state index is 13.0. The van der Waals surface area contributed by atoms with Crippen LogP contribution >= 0.6 is 0 Å². The molecule has 1 heterocycles. The molecule has 1 fully saturated rings. The van der Waals surface area contributed by atoms with Crippen LogP contribution in [0, 0.1) is 11.3 Å². The average molecular weight is 354 g/mol. The number of amides is 2. The Bertz CT molecular complexity index is 743. The zero-order valence-corrected chi connectivity index (χ0v) is 13.2. The highest BCUT2D eigenvalue weighted by molar-refractivity contribution is 6.01. The van der Waals surface area contributed by atoms with Crippen molar-refractivity contribution in [2.75, 3.05) is 6.54 Å². The summed E-state index contributed by atoms with van der Waals surface area (Å²) in [7, 11) is 0. The fourth-order valence-electron chi connectivity index (χ4n) is 3.06. The highest BCUT2D eigenvalue weighted by Gasteiger charge is 2.42. The van der Waals surface area contributed by atoms with Crippen molar-refractivity contribution < 1.29 is 22.8 Å². The van der Waals surface area contributed by atoms with E-state index in [9.17, 15) is 22.8 Å². The number of alkyl halides is 3. The molecule has 4 N–H and O–H groups in total. The molecule has 1 saturated carbocycles. The second-order valence-corrected chi connectivity index (χ2v) is 6.38. The molecule has 0 aromatic heterocycles. The summed E-state index contributed by atoms with van der Waals surface area (Å²) < 4.78 is 39.0. The predicted molar refractivity (Wildman–Crippen MR) is 82.6 cm³/mol. The zero-order valence-electron chi connectivity index (χ0n) is 13.2. The van der Waals surface area contributed by atoms with Gasteiger partial charge in [-0.15, -0.1) is 0 Å². The Kier molecular flexibility index (Phi) is 4.18. The van der Waals surface area contributed by atoms with Crippen molar-refractivity contribution in [3.8, 4) is 0 Å². The second kappa shape index (κ2) is 6.05. The first-order valence-electron chi connectivity index (χ1n) is 7.83. The van der Waals surface area contributed by atoms with Crippen molar-refractivity contribution in [2.24, 2.45) is 11.7 Å². The van der Waals surface area contributed by atoms with E-state index in [2.05, 4.69) is 5.32 Å². The van der Waals surface area contributed by atoms with E-state index in [0.717, 1.165) is 25.0 Å². The van der Waals surface area contributed by atoms with Gasteiger partial charge in [0.2, 0.25) is 5.91 Å². The third-order valence-electron chi connectivity index (χ3n) is 4.41. The number of rotatable bonds is 4. The Morgan fingerprint density at radius 3 is 2.60 bits per heavy atom. The van der Waals surface area contributed by atoms with Gasteiger partial charge in [0.1, 0.15) is 0 Å². The van der Waals surface area contributed by atoms with E-state index in [0.29, 0.717) is 12.5 Å². The molecule has 0 unspecified atom stereocenters. The molecule has 0 spiro atoms. The lowest BCUT2D eigenvalue weighted by Crippen LogP contribution is -2.39. The van der Waals surface area contributed by atoms with Gasteiger partial charge >= 0.3 is 6.18 Å². The van der Waals surface area contributed by atoms with E-state index < -0.39 is 29.6 Å². The minimum absolute atomic E-state index is 0.189. The number of nitrogens with two attached hydrogens (primary N) is 1. The van der Waals surface area contributed by atoms with Crippen molar-refractivity contribution in [1.29, 1.82) is 5.41 Å². The molecule has 1 aromatic carbocycles. The largest absolute Gasteiger partial charge is 0.416 e. The Hall–Kier alpha value is -2.58. The number of hydrogen-bond donors (Lipinski definition) is 3. The van der Waals surface area contributed by atoms with Gasteiger partial charge in [-0.25, -0.2) is 0 Å². The van der Waals surface area contributed by atoms with Gasteiger partial charge in [0, 0.05) is 12.1 Å². The lowest BCUT2D eigenvalue weighted by Gasteiger charge is -2.25. The molecule has 0 radical (unpaired) electrons. The highest BCUT2D eigenvalue weighted by atomic mass is 19.4. The van der Waals surface area contributed by atoms with Gasteiger partial charge in [-0.1, -0.05) is 0 Å². The van der Waals surface area contributed by atoms with Gasteiger partial charge in [0.25, 0.3) is 5.91 Å². The number of nitrogens with one attached hydrogen (secondary N) is 2. The van der Waals surface area contributed by atoms with Gasteiger partial charge in [-0.05, 0) is 42.5 Å². The van der Waals surface area contributed by atoms with Crippen molar-refractivity contribution in [1.82, 2.24) is 10.2 Å². The molecule has 0 bridgehead atoms. The van der Waals surface area contributed by atoms with Gasteiger partial charge < -0.3 is 10.6 Å². The number of halogens is 3. The quantitative estimate of drug-likeness (QED) is 0.570. The first-order chi connectivity index (χ1) is 11.7. The van der Waals surface area contributed by atoms with Crippen LogP contribution in [0.3, 0.4) is 0 Å². The Labute approximate surface area is 141 Å².